The molecular formula is C55H94O6. The molecule has 1 unspecified atom stereocenters. The van der Waals surface area contributed by atoms with Gasteiger partial charge in [-0.2, -0.15) is 0 Å². The van der Waals surface area contributed by atoms with Gasteiger partial charge in [0, 0.05) is 19.3 Å². The van der Waals surface area contributed by atoms with E-state index in [1.165, 1.54) is 109 Å². The second kappa shape index (κ2) is 49.5. The largest absolute Gasteiger partial charge is 0.462 e. The summed E-state index contributed by atoms with van der Waals surface area (Å²) in [6.45, 7) is 6.43. The fraction of sp³-hybridized carbons (Fsp3) is 0.727. The van der Waals surface area contributed by atoms with Crippen LogP contribution in [-0.2, 0) is 28.6 Å². The van der Waals surface area contributed by atoms with Crippen molar-refractivity contribution in [2.45, 2.75) is 245 Å². The van der Waals surface area contributed by atoms with Crippen molar-refractivity contribution < 1.29 is 28.6 Å². The van der Waals surface area contributed by atoms with E-state index in [4.69, 9.17) is 14.2 Å². The fourth-order valence-electron chi connectivity index (χ4n) is 6.90. The van der Waals surface area contributed by atoms with Gasteiger partial charge in [0.05, 0.1) is 0 Å². The van der Waals surface area contributed by atoms with Crippen LogP contribution in [-0.4, -0.2) is 37.2 Å². The molecule has 6 nitrogen and oxygen atoms in total. The number of carbonyl (C=O) groups excluding carboxylic acids is 3. The Balaban J connectivity index is 4.48. The first-order valence-corrected chi connectivity index (χ1v) is 25.4. The van der Waals surface area contributed by atoms with E-state index in [1.807, 2.05) is 6.08 Å². The van der Waals surface area contributed by atoms with Crippen LogP contribution in [0.15, 0.2) is 72.9 Å². The molecule has 0 fully saturated rings. The molecule has 0 rings (SSSR count). The average Bonchev–Trinajstić information content (AvgIpc) is 3.26. The van der Waals surface area contributed by atoms with Crippen LogP contribution in [0.2, 0.25) is 0 Å². The van der Waals surface area contributed by atoms with Crippen molar-refractivity contribution >= 4 is 17.9 Å². The summed E-state index contributed by atoms with van der Waals surface area (Å²) in [5.74, 6) is -0.993. The quantitative estimate of drug-likeness (QED) is 0.0263. The number of esters is 3. The molecule has 0 aliphatic carbocycles. The molecule has 0 heterocycles. The number of allylic oxidation sites excluding steroid dienone is 12. The minimum atomic E-state index is -0.805. The average molecular weight is 851 g/mol. The van der Waals surface area contributed by atoms with E-state index < -0.39 is 6.10 Å². The molecule has 1 atom stereocenters. The van der Waals surface area contributed by atoms with E-state index in [-0.39, 0.29) is 37.5 Å². The predicted octanol–water partition coefficient (Wildman–Crippen LogP) is 16.6. The molecule has 0 aliphatic heterocycles. The van der Waals surface area contributed by atoms with E-state index in [0.29, 0.717) is 19.3 Å². The number of ether oxygens (including phenoxy) is 3. The summed E-state index contributed by atoms with van der Waals surface area (Å²) in [6, 6.07) is 0. The molecule has 0 saturated heterocycles. The van der Waals surface area contributed by atoms with Crippen LogP contribution < -0.4 is 0 Å². The number of carbonyl (C=O) groups is 3. The van der Waals surface area contributed by atoms with Crippen molar-refractivity contribution in [3.8, 4) is 0 Å². The SMILES string of the molecule is CC/C=C\C/C=C\C/C=C\C/C=C\C/C=C\CCC(=O)OCC(COC(=O)CCCCCCC/C=C\CCCCC)OC(=O)CCCCCCCCCCCCCCCCC. The number of hydrogen-bond acceptors (Lipinski definition) is 6. The molecule has 6 heteroatoms. The van der Waals surface area contributed by atoms with E-state index in [2.05, 4.69) is 87.6 Å². The maximum absolute atomic E-state index is 12.8. The Labute approximate surface area is 376 Å². The van der Waals surface area contributed by atoms with Crippen LogP contribution >= 0.6 is 0 Å². The molecular weight excluding hydrogens is 757 g/mol. The Morgan fingerprint density at radius 2 is 0.672 bits per heavy atom. The van der Waals surface area contributed by atoms with E-state index in [0.717, 1.165) is 83.5 Å². The van der Waals surface area contributed by atoms with Crippen LogP contribution in [0.5, 0.6) is 0 Å². The molecule has 0 aromatic rings. The highest BCUT2D eigenvalue weighted by atomic mass is 16.6. The van der Waals surface area contributed by atoms with Crippen LogP contribution in [0.25, 0.3) is 0 Å². The van der Waals surface area contributed by atoms with Crippen LogP contribution in [0, 0.1) is 0 Å². The molecule has 0 aromatic heterocycles. The summed E-state index contributed by atoms with van der Waals surface area (Å²) < 4.78 is 16.7. The summed E-state index contributed by atoms with van der Waals surface area (Å²) in [4.78, 5) is 37.9. The van der Waals surface area contributed by atoms with Gasteiger partial charge >= 0.3 is 17.9 Å². The Kier molecular flexibility index (Phi) is 46.9. The highest BCUT2D eigenvalue weighted by Gasteiger charge is 2.19. The summed E-state index contributed by atoms with van der Waals surface area (Å²) in [6.07, 6.45) is 61.8. The summed E-state index contributed by atoms with van der Waals surface area (Å²) in [5.41, 5.74) is 0. The summed E-state index contributed by atoms with van der Waals surface area (Å²) in [5, 5.41) is 0. The highest BCUT2D eigenvalue weighted by molar-refractivity contribution is 5.71. The Morgan fingerprint density at radius 3 is 1.13 bits per heavy atom. The molecule has 0 radical (unpaired) electrons. The van der Waals surface area contributed by atoms with Crippen molar-refractivity contribution in [2.75, 3.05) is 13.2 Å². The van der Waals surface area contributed by atoms with Gasteiger partial charge < -0.3 is 14.2 Å². The lowest BCUT2D eigenvalue weighted by Gasteiger charge is -2.18. The zero-order valence-electron chi connectivity index (χ0n) is 39.9. The van der Waals surface area contributed by atoms with Crippen molar-refractivity contribution in [3.63, 3.8) is 0 Å². The lowest BCUT2D eigenvalue weighted by Crippen LogP contribution is -2.30. The minimum Gasteiger partial charge on any atom is -0.462 e. The maximum Gasteiger partial charge on any atom is 0.306 e. The van der Waals surface area contributed by atoms with Gasteiger partial charge in [0.2, 0.25) is 0 Å². The van der Waals surface area contributed by atoms with Crippen LogP contribution in [0.4, 0.5) is 0 Å². The third-order valence-corrected chi connectivity index (χ3v) is 10.7. The fourth-order valence-corrected chi connectivity index (χ4v) is 6.90. The van der Waals surface area contributed by atoms with Crippen LogP contribution in [0.1, 0.15) is 239 Å². The molecule has 350 valence electrons. The van der Waals surface area contributed by atoms with Crippen LogP contribution in [0.3, 0.4) is 0 Å². The highest BCUT2D eigenvalue weighted by Crippen LogP contribution is 2.15. The normalized spacial score (nSPS) is 12.6. The topological polar surface area (TPSA) is 78.9 Å². The zero-order valence-corrected chi connectivity index (χ0v) is 39.9. The van der Waals surface area contributed by atoms with Crippen molar-refractivity contribution in [2.24, 2.45) is 0 Å². The van der Waals surface area contributed by atoms with E-state index >= 15 is 0 Å². The molecule has 0 saturated carbocycles. The van der Waals surface area contributed by atoms with Gasteiger partial charge in [-0.3, -0.25) is 14.4 Å². The van der Waals surface area contributed by atoms with E-state index in [1.54, 1.807) is 0 Å². The Hall–Kier alpha value is -3.15. The zero-order chi connectivity index (χ0) is 44.4. The van der Waals surface area contributed by atoms with Crippen molar-refractivity contribution in [1.29, 1.82) is 0 Å². The van der Waals surface area contributed by atoms with Gasteiger partial charge in [0.25, 0.3) is 0 Å². The molecule has 0 bridgehead atoms. The molecule has 0 spiro atoms. The van der Waals surface area contributed by atoms with Crippen molar-refractivity contribution in [1.82, 2.24) is 0 Å². The van der Waals surface area contributed by atoms with E-state index in [9.17, 15) is 14.4 Å². The lowest BCUT2D eigenvalue weighted by molar-refractivity contribution is -0.166. The minimum absolute atomic E-state index is 0.101. The maximum atomic E-state index is 12.8. The van der Waals surface area contributed by atoms with Gasteiger partial charge in [-0.1, -0.05) is 216 Å². The number of unbranched alkanes of at least 4 members (excludes halogenated alkanes) is 22. The number of hydrogen-bond donors (Lipinski definition) is 0. The Morgan fingerprint density at radius 1 is 0.344 bits per heavy atom. The first-order valence-electron chi connectivity index (χ1n) is 25.4. The summed E-state index contributed by atoms with van der Waals surface area (Å²) >= 11 is 0. The van der Waals surface area contributed by atoms with Gasteiger partial charge in [-0.25, -0.2) is 0 Å². The predicted molar refractivity (Wildman–Crippen MR) is 261 cm³/mol. The molecule has 61 heavy (non-hydrogen) atoms. The number of rotatable bonds is 45. The standard InChI is InChI=1S/C55H94O6/c1-4-7-10-13-16-19-22-25-27-29-30-33-36-39-42-45-48-54(57)60-51-52(50-59-53(56)47-44-41-38-35-32-24-21-18-15-12-9-6-3)61-55(58)49-46-43-40-37-34-31-28-26-23-20-17-14-11-8-5-2/h7,10,16,18-19,21,25,27,30,33,39,42,52H,4-6,8-9,11-15,17,20,22-24,26,28-29,31-32,34-38,40-41,43-51H2,1-3H3/b10-7-,19-16-,21-18-,27-25-,33-30-,42-39-. The second-order valence-corrected chi connectivity index (χ2v) is 16.7. The molecule has 0 aromatic carbocycles. The van der Waals surface area contributed by atoms with Gasteiger partial charge in [-0.15, -0.1) is 0 Å². The van der Waals surface area contributed by atoms with Gasteiger partial charge in [0.15, 0.2) is 6.10 Å². The lowest BCUT2D eigenvalue weighted by atomic mass is 10.0. The summed E-state index contributed by atoms with van der Waals surface area (Å²) in [7, 11) is 0. The first kappa shape index (κ1) is 57.9. The molecule has 0 amide bonds. The molecule has 0 aliphatic rings. The van der Waals surface area contributed by atoms with Gasteiger partial charge in [-0.05, 0) is 77.0 Å². The second-order valence-electron chi connectivity index (χ2n) is 16.7. The monoisotopic (exact) mass is 851 g/mol. The smallest absolute Gasteiger partial charge is 0.306 e. The van der Waals surface area contributed by atoms with Crippen molar-refractivity contribution in [3.05, 3.63) is 72.9 Å². The first-order chi connectivity index (χ1) is 30.0. The third-order valence-electron chi connectivity index (χ3n) is 10.7. The third kappa shape index (κ3) is 47.7. The van der Waals surface area contributed by atoms with Gasteiger partial charge in [0.1, 0.15) is 13.2 Å². The Bertz CT molecular complexity index is 1160. The molecule has 0 N–H and O–H groups in total.